The molecule has 2 aliphatic rings. The van der Waals surface area contributed by atoms with Crippen LogP contribution in [0.15, 0.2) is 18.2 Å². The van der Waals surface area contributed by atoms with Crippen LogP contribution in [0.1, 0.15) is 29.6 Å². The van der Waals surface area contributed by atoms with Crippen LogP contribution in [0.2, 0.25) is 0 Å². The molecule has 1 aliphatic heterocycles. The lowest BCUT2D eigenvalue weighted by Gasteiger charge is -2.29. The summed E-state index contributed by atoms with van der Waals surface area (Å²) in [7, 11) is 1.34. The number of hydrogen-bond acceptors (Lipinski definition) is 6. The minimum absolute atomic E-state index is 0.0829. The molecule has 3 rings (SSSR count). The summed E-state index contributed by atoms with van der Waals surface area (Å²) in [5.41, 5.74) is 7.65. The number of nitrogens with one attached hydrogen (secondary N) is 1. The summed E-state index contributed by atoms with van der Waals surface area (Å²) in [5.74, 6) is -0.648. The first kappa shape index (κ1) is 17.7. The number of anilines is 2. The highest BCUT2D eigenvalue weighted by molar-refractivity contribution is 6.02. The average Bonchev–Trinajstić information content (AvgIpc) is 3.08. The molecule has 2 unspecified atom stereocenters. The lowest BCUT2D eigenvalue weighted by Crippen LogP contribution is -2.36. The molecule has 1 aromatic carbocycles. The molecule has 2 atom stereocenters. The van der Waals surface area contributed by atoms with Crippen LogP contribution in [-0.2, 0) is 14.3 Å². The molecule has 1 saturated carbocycles. The first-order valence-electron chi connectivity index (χ1n) is 8.70. The predicted octanol–water partition coefficient (Wildman–Crippen LogP) is 1.38. The van der Waals surface area contributed by atoms with E-state index in [4.69, 9.17) is 15.2 Å². The number of carbonyl (C=O) groups is 2. The molecule has 0 spiro atoms. The maximum absolute atomic E-state index is 12.5. The summed E-state index contributed by atoms with van der Waals surface area (Å²) in [6.45, 7) is 2.86. The van der Waals surface area contributed by atoms with Gasteiger partial charge in [0.25, 0.3) is 0 Å². The van der Waals surface area contributed by atoms with Gasteiger partial charge in [-0.25, -0.2) is 4.79 Å². The van der Waals surface area contributed by atoms with Gasteiger partial charge in [-0.05, 0) is 37.5 Å². The number of benzene rings is 1. The highest BCUT2D eigenvalue weighted by Crippen LogP contribution is 2.28. The maximum atomic E-state index is 12.5. The van der Waals surface area contributed by atoms with Crippen molar-refractivity contribution < 1.29 is 19.1 Å². The van der Waals surface area contributed by atoms with Gasteiger partial charge in [0, 0.05) is 30.7 Å². The van der Waals surface area contributed by atoms with Crippen molar-refractivity contribution in [1.29, 1.82) is 0 Å². The van der Waals surface area contributed by atoms with Crippen LogP contribution in [0.4, 0.5) is 11.4 Å². The molecule has 136 valence electrons. The second-order valence-electron chi connectivity index (χ2n) is 6.58. The summed E-state index contributed by atoms with van der Waals surface area (Å²) in [5, 5.41) is 2.88. The second-order valence-corrected chi connectivity index (χ2v) is 6.58. The molecule has 2 fully saturated rings. The zero-order valence-corrected chi connectivity index (χ0v) is 14.5. The van der Waals surface area contributed by atoms with Gasteiger partial charge in [-0.15, -0.1) is 0 Å². The molecule has 0 radical (unpaired) electrons. The molecule has 1 aliphatic carbocycles. The Labute approximate surface area is 147 Å². The van der Waals surface area contributed by atoms with Gasteiger partial charge in [-0.3, -0.25) is 4.79 Å². The highest BCUT2D eigenvalue weighted by Gasteiger charge is 2.28. The largest absolute Gasteiger partial charge is 0.465 e. The van der Waals surface area contributed by atoms with Gasteiger partial charge < -0.3 is 25.4 Å². The number of carbonyl (C=O) groups excluding carboxylic acids is 2. The number of nitrogens with zero attached hydrogens (tertiary/aromatic N) is 1. The average molecular weight is 347 g/mol. The summed E-state index contributed by atoms with van der Waals surface area (Å²) in [6.07, 6.45) is 2.33. The fourth-order valence-corrected chi connectivity index (χ4v) is 3.43. The Hall–Kier alpha value is -2.12. The summed E-state index contributed by atoms with van der Waals surface area (Å²) >= 11 is 0. The molecule has 1 saturated heterocycles. The van der Waals surface area contributed by atoms with Crippen molar-refractivity contribution in [2.75, 3.05) is 43.6 Å². The van der Waals surface area contributed by atoms with Crippen LogP contribution in [-0.4, -0.2) is 51.3 Å². The minimum atomic E-state index is -0.464. The number of amides is 1. The molecular formula is C18H25N3O4. The monoisotopic (exact) mass is 347 g/mol. The first-order valence-corrected chi connectivity index (χ1v) is 8.70. The molecule has 1 amide bonds. The Kier molecular flexibility index (Phi) is 5.55. The van der Waals surface area contributed by atoms with E-state index in [1.807, 2.05) is 6.07 Å². The van der Waals surface area contributed by atoms with Crippen molar-refractivity contribution in [3.63, 3.8) is 0 Å². The predicted molar refractivity (Wildman–Crippen MR) is 94.8 cm³/mol. The van der Waals surface area contributed by atoms with Crippen LogP contribution >= 0.6 is 0 Å². The number of ether oxygens (including phenoxy) is 2. The number of methoxy groups -OCH3 is 1. The van der Waals surface area contributed by atoms with Gasteiger partial charge in [0.15, 0.2) is 0 Å². The van der Waals surface area contributed by atoms with E-state index in [1.165, 1.54) is 7.11 Å². The summed E-state index contributed by atoms with van der Waals surface area (Å²) in [4.78, 5) is 26.8. The van der Waals surface area contributed by atoms with Gasteiger partial charge in [-0.2, -0.15) is 0 Å². The van der Waals surface area contributed by atoms with E-state index in [1.54, 1.807) is 12.1 Å². The molecule has 3 N–H and O–H groups in total. The number of morpholine rings is 1. The van der Waals surface area contributed by atoms with Crippen LogP contribution in [0.25, 0.3) is 0 Å². The van der Waals surface area contributed by atoms with Crippen LogP contribution in [0.5, 0.6) is 0 Å². The number of hydrogen-bond donors (Lipinski definition) is 2. The van der Waals surface area contributed by atoms with Gasteiger partial charge in [0.1, 0.15) is 0 Å². The van der Waals surface area contributed by atoms with Crippen molar-refractivity contribution in [1.82, 2.24) is 0 Å². The third-order valence-electron chi connectivity index (χ3n) is 4.89. The standard InChI is InChI=1S/C18H25N3O4/c1-24-18(23)15-11-14(21-6-8-25-9-7-21)4-5-16(15)20-17(22)12-2-3-13(19)10-12/h4-5,11-13H,2-3,6-10,19H2,1H3,(H,20,22). The van der Waals surface area contributed by atoms with Crippen LogP contribution < -0.4 is 16.0 Å². The third-order valence-corrected chi connectivity index (χ3v) is 4.89. The Balaban J connectivity index is 1.80. The Bertz CT molecular complexity index is 643. The number of rotatable bonds is 4. The molecule has 0 aromatic heterocycles. The highest BCUT2D eigenvalue weighted by atomic mass is 16.5. The SMILES string of the molecule is COC(=O)c1cc(N2CCOCC2)ccc1NC(=O)C1CCC(N)C1. The lowest BCUT2D eigenvalue weighted by molar-refractivity contribution is -0.119. The van der Waals surface area contributed by atoms with Gasteiger partial charge >= 0.3 is 5.97 Å². The normalized spacial score (nSPS) is 23.4. The van der Waals surface area contributed by atoms with E-state index in [-0.39, 0.29) is 17.9 Å². The zero-order valence-electron chi connectivity index (χ0n) is 14.5. The Morgan fingerprint density at radius 2 is 2.04 bits per heavy atom. The molecule has 7 nitrogen and oxygen atoms in total. The van der Waals surface area contributed by atoms with Crippen molar-refractivity contribution in [2.24, 2.45) is 11.7 Å². The molecule has 25 heavy (non-hydrogen) atoms. The van der Waals surface area contributed by atoms with Gasteiger partial charge in [0.2, 0.25) is 5.91 Å². The Morgan fingerprint density at radius 1 is 1.28 bits per heavy atom. The van der Waals surface area contributed by atoms with E-state index in [0.29, 0.717) is 30.9 Å². The van der Waals surface area contributed by atoms with E-state index in [2.05, 4.69) is 10.2 Å². The van der Waals surface area contributed by atoms with Crippen LogP contribution in [0, 0.1) is 5.92 Å². The molecule has 0 bridgehead atoms. The first-order chi connectivity index (χ1) is 12.1. The van der Waals surface area contributed by atoms with Crippen molar-refractivity contribution >= 4 is 23.3 Å². The summed E-state index contributed by atoms with van der Waals surface area (Å²) in [6, 6.07) is 5.53. The number of nitrogens with two attached hydrogens (primary N) is 1. The molecule has 7 heteroatoms. The molecular weight excluding hydrogens is 322 g/mol. The minimum Gasteiger partial charge on any atom is -0.465 e. The van der Waals surface area contributed by atoms with E-state index >= 15 is 0 Å². The molecule has 1 heterocycles. The lowest BCUT2D eigenvalue weighted by atomic mass is 10.1. The van der Waals surface area contributed by atoms with E-state index in [0.717, 1.165) is 31.6 Å². The van der Waals surface area contributed by atoms with Crippen molar-refractivity contribution in [2.45, 2.75) is 25.3 Å². The zero-order chi connectivity index (χ0) is 17.8. The van der Waals surface area contributed by atoms with Gasteiger partial charge in [-0.1, -0.05) is 0 Å². The Morgan fingerprint density at radius 3 is 2.68 bits per heavy atom. The fraction of sp³-hybridized carbons (Fsp3) is 0.556. The van der Waals surface area contributed by atoms with Crippen molar-refractivity contribution in [3.05, 3.63) is 23.8 Å². The van der Waals surface area contributed by atoms with E-state index < -0.39 is 5.97 Å². The molecule has 1 aromatic rings. The maximum Gasteiger partial charge on any atom is 0.340 e. The summed E-state index contributed by atoms with van der Waals surface area (Å²) < 4.78 is 10.3. The van der Waals surface area contributed by atoms with E-state index in [9.17, 15) is 9.59 Å². The number of esters is 1. The van der Waals surface area contributed by atoms with Crippen LogP contribution in [0.3, 0.4) is 0 Å². The fourth-order valence-electron chi connectivity index (χ4n) is 3.43. The third kappa shape index (κ3) is 4.11. The second kappa shape index (κ2) is 7.84. The van der Waals surface area contributed by atoms with Crippen molar-refractivity contribution in [3.8, 4) is 0 Å². The topological polar surface area (TPSA) is 93.9 Å². The van der Waals surface area contributed by atoms with Gasteiger partial charge in [0.05, 0.1) is 31.6 Å². The quantitative estimate of drug-likeness (QED) is 0.799. The smallest absolute Gasteiger partial charge is 0.340 e.